The summed E-state index contributed by atoms with van der Waals surface area (Å²) >= 11 is 1.27. The molecule has 2 heterocycles. The van der Waals surface area contributed by atoms with Gasteiger partial charge in [0.25, 0.3) is 0 Å². The number of hydrogen-bond acceptors (Lipinski definition) is 5. The van der Waals surface area contributed by atoms with Gasteiger partial charge < -0.3 is 10.1 Å². The number of nitrogens with zero attached hydrogens (tertiary/aromatic N) is 2. The monoisotopic (exact) mass is 367 g/mol. The molecule has 1 saturated heterocycles. The minimum Gasteiger partial charge on any atom is -0.444 e. The predicted molar refractivity (Wildman–Crippen MR) is 100 cm³/mol. The molecule has 1 N–H and O–H groups in total. The Kier molecular flexibility index (Phi) is 5.76. The van der Waals surface area contributed by atoms with Crippen LogP contribution in [0, 0.1) is 0 Å². The molecule has 1 unspecified atom stereocenters. The first kappa shape index (κ1) is 19.7. The van der Waals surface area contributed by atoms with E-state index < -0.39 is 17.7 Å². The van der Waals surface area contributed by atoms with Crippen LogP contribution in [0.4, 0.5) is 9.80 Å². The molecule has 1 aromatic rings. The molecule has 1 aliphatic rings. The number of piperidine rings is 1. The summed E-state index contributed by atoms with van der Waals surface area (Å²) in [7, 11) is 0. The fourth-order valence-corrected chi connectivity index (χ4v) is 3.47. The summed E-state index contributed by atoms with van der Waals surface area (Å²) < 4.78 is 9.86. The predicted octanol–water partition coefficient (Wildman–Crippen LogP) is 4.17. The summed E-state index contributed by atoms with van der Waals surface area (Å²) in [4.78, 5) is 26.7. The van der Waals surface area contributed by atoms with Crippen LogP contribution in [0.1, 0.15) is 66.5 Å². The van der Waals surface area contributed by atoms with Gasteiger partial charge in [0, 0.05) is 12.0 Å². The number of rotatable bonds is 2. The summed E-state index contributed by atoms with van der Waals surface area (Å²) in [5.74, 6) is -0.172. The number of carbonyl (C=O) groups is 2. The fraction of sp³-hybridized carbons (Fsp3) is 0.722. The molecule has 1 aromatic heterocycles. The maximum Gasteiger partial charge on any atom is 0.410 e. The van der Waals surface area contributed by atoms with Crippen molar-refractivity contribution < 1.29 is 14.3 Å². The van der Waals surface area contributed by atoms with Crippen LogP contribution in [0.15, 0.2) is 6.07 Å². The van der Waals surface area contributed by atoms with Crippen LogP contribution in [-0.4, -0.2) is 39.5 Å². The van der Waals surface area contributed by atoms with Crippen molar-refractivity contribution in [3.8, 4) is 0 Å². The van der Waals surface area contributed by atoms with E-state index in [0.29, 0.717) is 18.0 Å². The lowest BCUT2D eigenvalue weighted by Gasteiger charge is -2.35. The molecule has 1 fully saturated rings. The van der Waals surface area contributed by atoms with Crippen molar-refractivity contribution in [2.24, 2.45) is 0 Å². The first-order valence-corrected chi connectivity index (χ1v) is 9.52. The summed E-state index contributed by atoms with van der Waals surface area (Å²) in [5.41, 5.74) is 0.308. The highest BCUT2D eigenvalue weighted by atomic mass is 32.1. The first-order valence-electron chi connectivity index (χ1n) is 8.75. The van der Waals surface area contributed by atoms with Crippen LogP contribution < -0.4 is 5.32 Å². The quantitative estimate of drug-likeness (QED) is 0.851. The van der Waals surface area contributed by atoms with Gasteiger partial charge in [-0.05, 0) is 57.6 Å². The van der Waals surface area contributed by atoms with Gasteiger partial charge in [-0.3, -0.25) is 9.69 Å². The van der Waals surface area contributed by atoms with Crippen LogP contribution in [0.2, 0.25) is 0 Å². The summed E-state index contributed by atoms with van der Waals surface area (Å²) in [6, 6.07) is 1.41. The topological polar surface area (TPSA) is 71.5 Å². The molecule has 1 atom stereocenters. The van der Waals surface area contributed by atoms with Crippen molar-refractivity contribution in [2.75, 3.05) is 11.9 Å². The molecule has 0 aromatic carbocycles. The van der Waals surface area contributed by atoms with E-state index >= 15 is 0 Å². The van der Waals surface area contributed by atoms with Gasteiger partial charge in [0.2, 0.25) is 5.91 Å². The Morgan fingerprint density at radius 1 is 1.24 bits per heavy atom. The lowest BCUT2D eigenvalue weighted by atomic mass is 9.92. The zero-order valence-electron chi connectivity index (χ0n) is 16.0. The lowest BCUT2D eigenvalue weighted by Crippen LogP contribution is -2.51. The Hall–Kier alpha value is -1.63. The first-order chi connectivity index (χ1) is 11.5. The zero-order chi connectivity index (χ0) is 18.8. The van der Waals surface area contributed by atoms with Crippen molar-refractivity contribution in [1.29, 1.82) is 0 Å². The normalized spacial score (nSPS) is 18.8. The van der Waals surface area contributed by atoms with Gasteiger partial charge in [-0.25, -0.2) is 4.79 Å². The van der Waals surface area contributed by atoms with E-state index in [9.17, 15) is 9.59 Å². The smallest absolute Gasteiger partial charge is 0.410 e. The molecule has 6 nitrogen and oxygen atoms in total. The van der Waals surface area contributed by atoms with Crippen LogP contribution in [-0.2, 0) is 14.9 Å². The van der Waals surface area contributed by atoms with Crippen molar-refractivity contribution >= 4 is 28.5 Å². The maximum atomic E-state index is 12.7. The number of nitrogens with one attached hydrogen (secondary N) is 1. The minimum atomic E-state index is -0.575. The van der Waals surface area contributed by atoms with E-state index in [2.05, 4.69) is 30.5 Å². The summed E-state index contributed by atoms with van der Waals surface area (Å²) in [6.45, 7) is 12.3. The Labute approximate surface area is 154 Å². The molecule has 140 valence electrons. The number of likely N-dealkylation sites (tertiary alicyclic amines) is 1. The third kappa shape index (κ3) is 5.42. The third-order valence-electron chi connectivity index (χ3n) is 3.96. The van der Waals surface area contributed by atoms with Gasteiger partial charge in [0.1, 0.15) is 16.6 Å². The van der Waals surface area contributed by atoms with Crippen LogP contribution in [0.3, 0.4) is 0 Å². The maximum absolute atomic E-state index is 12.7. The average molecular weight is 368 g/mol. The van der Waals surface area contributed by atoms with Crippen molar-refractivity contribution in [3.63, 3.8) is 0 Å². The van der Waals surface area contributed by atoms with Gasteiger partial charge in [-0.2, -0.15) is 4.37 Å². The molecule has 0 spiro atoms. The molecule has 0 radical (unpaired) electrons. The Balaban J connectivity index is 2.07. The highest BCUT2D eigenvalue weighted by molar-refractivity contribution is 7.10. The molecule has 1 aliphatic heterocycles. The summed E-state index contributed by atoms with van der Waals surface area (Å²) in [6.07, 6.45) is 2.04. The Morgan fingerprint density at radius 3 is 2.48 bits per heavy atom. The van der Waals surface area contributed by atoms with Gasteiger partial charge >= 0.3 is 6.09 Å². The largest absolute Gasteiger partial charge is 0.444 e. The number of aromatic nitrogens is 1. The lowest BCUT2D eigenvalue weighted by molar-refractivity contribution is -0.122. The van der Waals surface area contributed by atoms with E-state index in [0.717, 1.165) is 18.5 Å². The number of anilines is 1. The molecule has 0 aliphatic carbocycles. The van der Waals surface area contributed by atoms with Gasteiger partial charge in [0.05, 0.1) is 5.69 Å². The molecule has 7 heteroatoms. The van der Waals surface area contributed by atoms with Crippen LogP contribution in [0.5, 0.6) is 0 Å². The molecule has 25 heavy (non-hydrogen) atoms. The van der Waals surface area contributed by atoms with Gasteiger partial charge in [0.15, 0.2) is 0 Å². The standard InChI is InChI=1S/C18H29N3O3S/c1-17(2,3)13-11-14(25-20-13)19-15(22)12-9-7-8-10-21(12)16(23)24-18(4,5)6/h11-12H,7-10H2,1-6H3,(H,19,22). The molecule has 0 bridgehead atoms. The second-order valence-corrected chi connectivity index (χ2v) is 9.31. The Bertz CT molecular complexity index is 628. The van der Waals surface area contributed by atoms with Crippen LogP contribution >= 0.6 is 11.5 Å². The van der Waals surface area contributed by atoms with Crippen molar-refractivity contribution in [1.82, 2.24) is 9.27 Å². The third-order valence-corrected chi connectivity index (χ3v) is 4.66. The van der Waals surface area contributed by atoms with E-state index in [1.807, 2.05) is 26.8 Å². The zero-order valence-corrected chi connectivity index (χ0v) is 16.8. The number of hydrogen-bond donors (Lipinski definition) is 1. The van der Waals surface area contributed by atoms with Crippen molar-refractivity contribution in [2.45, 2.75) is 77.9 Å². The number of ether oxygens (including phenoxy) is 1. The molecule has 2 amide bonds. The van der Waals surface area contributed by atoms with E-state index in [1.54, 1.807) is 4.90 Å². The highest BCUT2D eigenvalue weighted by Crippen LogP contribution is 2.28. The van der Waals surface area contributed by atoms with Gasteiger partial charge in [-0.15, -0.1) is 0 Å². The minimum absolute atomic E-state index is 0.0626. The highest BCUT2D eigenvalue weighted by Gasteiger charge is 2.35. The molecular weight excluding hydrogens is 338 g/mol. The second kappa shape index (κ2) is 7.32. The fourth-order valence-electron chi connectivity index (χ4n) is 2.64. The van der Waals surface area contributed by atoms with Crippen LogP contribution in [0.25, 0.3) is 0 Å². The number of amides is 2. The number of carbonyl (C=O) groups excluding carboxylic acids is 2. The van der Waals surface area contributed by atoms with E-state index in [1.165, 1.54) is 11.5 Å². The average Bonchev–Trinajstić information content (AvgIpc) is 2.94. The van der Waals surface area contributed by atoms with E-state index in [4.69, 9.17) is 4.74 Å². The van der Waals surface area contributed by atoms with E-state index in [-0.39, 0.29) is 11.3 Å². The summed E-state index contributed by atoms with van der Waals surface area (Å²) in [5, 5.41) is 3.63. The second-order valence-electron chi connectivity index (χ2n) is 8.50. The molecule has 2 rings (SSSR count). The SMILES string of the molecule is CC(C)(C)OC(=O)N1CCCCC1C(=O)Nc1cc(C(C)(C)C)ns1. The van der Waals surface area contributed by atoms with Gasteiger partial charge in [-0.1, -0.05) is 20.8 Å². The molecule has 0 saturated carbocycles. The van der Waals surface area contributed by atoms with Crippen molar-refractivity contribution in [3.05, 3.63) is 11.8 Å². The molecular formula is C18H29N3O3S. The Morgan fingerprint density at radius 2 is 1.92 bits per heavy atom.